The Balaban J connectivity index is 2.10. The van der Waals surface area contributed by atoms with E-state index in [9.17, 15) is 15.3 Å². The summed E-state index contributed by atoms with van der Waals surface area (Å²) in [5.74, 6) is 0.587. The predicted octanol–water partition coefficient (Wildman–Crippen LogP) is 0.710. The summed E-state index contributed by atoms with van der Waals surface area (Å²) in [5.41, 5.74) is 1.38. The molecule has 110 valence electrons. The molecule has 1 aromatic rings. The average molecular weight is 280 g/mol. The third kappa shape index (κ3) is 3.19. The quantitative estimate of drug-likeness (QED) is 0.669. The lowest BCUT2D eigenvalue weighted by atomic mass is 10.0. The molecular formula is C15H20O5. The van der Waals surface area contributed by atoms with Crippen molar-refractivity contribution in [2.24, 2.45) is 0 Å². The normalized spacial score (nSPS) is 24.6. The van der Waals surface area contributed by atoms with Gasteiger partial charge >= 0.3 is 0 Å². The lowest BCUT2D eigenvalue weighted by Gasteiger charge is -2.13. The first kappa shape index (κ1) is 15.0. The number of methoxy groups -OCH3 is 1. The number of hydrogen-bond donors (Lipinski definition) is 3. The van der Waals surface area contributed by atoms with Gasteiger partial charge in [0, 0.05) is 5.56 Å². The zero-order valence-electron chi connectivity index (χ0n) is 11.6. The molecule has 1 heterocycles. The number of benzene rings is 1. The van der Waals surface area contributed by atoms with Gasteiger partial charge in [-0.15, -0.1) is 0 Å². The molecule has 2 rings (SSSR count). The number of rotatable bonds is 6. The second-order valence-corrected chi connectivity index (χ2v) is 4.83. The highest BCUT2D eigenvalue weighted by atomic mass is 16.6. The van der Waals surface area contributed by atoms with Crippen LogP contribution in [0.3, 0.4) is 0 Å². The fourth-order valence-electron chi connectivity index (χ4n) is 2.17. The minimum atomic E-state index is -1.01. The van der Waals surface area contributed by atoms with Crippen molar-refractivity contribution in [2.75, 3.05) is 7.11 Å². The average Bonchev–Trinajstić information content (AvgIpc) is 3.20. The van der Waals surface area contributed by atoms with Crippen LogP contribution in [0.15, 0.2) is 24.3 Å². The summed E-state index contributed by atoms with van der Waals surface area (Å²) in [6.07, 6.45) is 0.879. The molecule has 0 unspecified atom stereocenters. The van der Waals surface area contributed by atoms with Gasteiger partial charge in [-0.3, -0.25) is 0 Å². The monoisotopic (exact) mass is 280 g/mol. The lowest BCUT2D eigenvalue weighted by molar-refractivity contribution is 0.0297. The van der Waals surface area contributed by atoms with E-state index < -0.39 is 12.2 Å². The molecule has 1 aliphatic rings. The summed E-state index contributed by atoms with van der Waals surface area (Å²) in [7, 11) is 1.53. The van der Waals surface area contributed by atoms with Crippen molar-refractivity contribution in [3.05, 3.63) is 35.4 Å². The summed E-state index contributed by atoms with van der Waals surface area (Å²) >= 11 is 0. The number of hydrogen-bond acceptors (Lipinski definition) is 5. The van der Waals surface area contributed by atoms with Crippen LogP contribution >= 0.6 is 0 Å². The minimum Gasteiger partial charge on any atom is -0.496 e. The van der Waals surface area contributed by atoms with Crippen LogP contribution in [0.1, 0.15) is 18.1 Å². The molecule has 1 aliphatic heterocycles. The van der Waals surface area contributed by atoms with Gasteiger partial charge in [-0.05, 0) is 18.6 Å². The van der Waals surface area contributed by atoms with E-state index in [1.165, 1.54) is 13.2 Å². The lowest BCUT2D eigenvalue weighted by Crippen LogP contribution is -2.30. The van der Waals surface area contributed by atoms with Gasteiger partial charge < -0.3 is 24.8 Å². The van der Waals surface area contributed by atoms with Crippen LogP contribution in [0.25, 0.3) is 6.08 Å². The SMILES string of the molecule is COc1cccc(C=C[C@@H](O)[C@@H](O)[C@H]2O[C@@H]2C)c1CO. The first-order valence-electron chi connectivity index (χ1n) is 6.55. The summed E-state index contributed by atoms with van der Waals surface area (Å²) in [5, 5.41) is 29.1. The highest BCUT2D eigenvalue weighted by molar-refractivity contribution is 5.58. The molecule has 0 aliphatic carbocycles. The third-order valence-electron chi connectivity index (χ3n) is 3.46. The Hall–Kier alpha value is -1.40. The van der Waals surface area contributed by atoms with E-state index in [0.717, 1.165) is 5.56 Å². The number of epoxide rings is 1. The Labute approximate surface area is 118 Å². The molecule has 3 N–H and O–H groups in total. The van der Waals surface area contributed by atoms with Gasteiger partial charge in [0.05, 0.1) is 19.8 Å². The molecule has 4 atom stereocenters. The third-order valence-corrected chi connectivity index (χ3v) is 3.46. The second-order valence-electron chi connectivity index (χ2n) is 4.83. The van der Waals surface area contributed by atoms with Crippen molar-refractivity contribution in [1.82, 2.24) is 0 Å². The summed E-state index contributed by atoms with van der Waals surface area (Å²) < 4.78 is 10.3. The predicted molar refractivity (Wildman–Crippen MR) is 74.3 cm³/mol. The summed E-state index contributed by atoms with van der Waals surface area (Å²) in [6, 6.07) is 5.36. The van der Waals surface area contributed by atoms with Crippen LogP contribution in [-0.4, -0.2) is 46.8 Å². The summed E-state index contributed by atoms with van der Waals surface area (Å²) in [6.45, 7) is 1.68. The van der Waals surface area contributed by atoms with Crippen molar-refractivity contribution in [3.63, 3.8) is 0 Å². The van der Waals surface area contributed by atoms with Gasteiger partial charge in [-0.1, -0.05) is 24.3 Å². The molecular weight excluding hydrogens is 260 g/mol. The molecule has 0 saturated carbocycles. The van der Waals surface area contributed by atoms with Crippen molar-refractivity contribution in [3.8, 4) is 5.75 Å². The van der Waals surface area contributed by atoms with Crippen LogP contribution in [0.2, 0.25) is 0 Å². The van der Waals surface area contributed by atoms with Crippen LogP contribution in [0, 0.1) is 0 Å². The molecule has 0 spiro atoms. The zero-order valence-corrected chi connectivity index (χ0v) is 11.6. The Morgan fingerprint density at radius 3 is 2.65 bits per heavy atom. The Bertz CT molecular complexity index is 485. The highest BCUT2D eigenvalue weighted by Crippen LogP contribution is 2.27. The standard InChI is InChI=1S/C15H20O5/c1-9-15(20-9)14(18)12(17)7-6-10-4-3-5-13(19-2)11(10)8-16/h3-7,9,12,14-18H,8H2,1-2H3/t9-,12-,14-,15+/m1/s1. The maximum Gasteiger partial charge on any atom is 0.124 e. The van der Waals surface area contributed by atoms with Crippen LogP contribution < -0.4 is 4.74 Å². The Morgan fingerprint density at radius 1 is 1.40 bits per heavy atom. The van der Waals surface area contributed by atoms with Gasteiger partial charge in [-0.2, -0.15) is 0 Å². The molecule has 5 nitrogen and oxygen atoms in total. The molecule has 1 aromatic carbocycles. The molecule has 0 bridgehead atoms. The molecule has 0 aromatic heterocycles. The maximum absolute atomic E-state index is 9.89. The minimum absolute atomic E-state index is 0.0159. The summed E-state index contributed by atoms with van der Waals surface area (Å²) in [4.78, 5) is 0. The van der Waals surface area contributed by atoms with E-state index in [4.69, 9.17) is 9.47 Å². The van der Waals surface area contributed by atoms with E-state index in [-0.39, 0.29) is 18.8 Å². The number of aliphatic hydroxyl groups is 3. The largest absolute Gasteiger partial charge is 0.496 e. The molecule has 1 saturated heterocycles. The van der Waals surface area contributed by atoms with E-state index in [1.807, 2.05) is 6.92 Å². The van der Waals surface area contributed by atoms with Crippen molar-refractivity contribution >= 4 is 6.08 Å². The molecule has 20 heavy (non-hydrogen) atoms. The van der Waals surface area contributed by atoms with Crippen LogP contribution in [-0.2, 0) is 11.3 Å². The number of ether oxygens (including phenoxy) is 2. The number of aliphatic hydroxyl groups excluding tert-OH is 3. The van der Waals surface area contributed by atoms with Crippen molar-refractivity contribution < 1.29 is 24.8 Å². The molecule has 0 radical (unpaired) electrons. The smallest absolute Gasteiger partial charge is 0.124 e. The molecule has 1 fully saturated rings. The van der Waals surface area contributed by atoms with E-state index in [2.05, 4.69) is 0 Å². The Morgan fingerprint density at radius 2 is 2.10 bits per heavy atom. The van der Waals surface area contributed by atoms with Gasteiger partial charge in [0.1, 0.15) is 24.1 Å². The van der Waals surface area contributed by atoms with E-state index >= 15 is 0 Å². The second kappa shape index (κ2) is 6.37. The Kier molecular flexibility index (Phi) is 4.77. The van der Waals surface area contributed by atoms with Gasteiger partial charge in [0.15, 0.2) is 0 Å². The van der Waals surface area contributed by atoms with E-state index in [1.54, 1.807) is 24.3 Å². The first-order valence-corrected chi connectivity index (χ1v) is 6.55. The zero-order chi connectivity index (χ0) is 14.7. The van der Waals surface area contributed by atoms with Crippen LogP contribution in [0.4, 0.5) is 0 Å². The maximum atomic E-state index is 9.89. The first-order chi connectivity index (χ1) is 9.58. The van der Waals surface area contributed by atoms with Crippen molar-refractivity contribution in [2.45, 2.75) is 37.9 Å². The van der Waals surface area contributed by atoms with Gasteiger partial charge in [0.2, 0.25) is 0 Å². The topological polar surface area (TPSA) is 82.5 Å². The molecule has 0 amide bonds. The fraction of sp³-hybridized carbons (Fsp3) is 0.467. The highest BCUT2D eigenvalue weighted by Gasteiger charge is 2.43. The molecule has 5 heteroatoms. The van der Waals surface area contributed by atoms with Crippen molar-refractivity contribution in [1.29, 1.82) is 0 Å². The van der Waals surface area contributed by atoms with Gasteiger partial charge in [0.25, 0.3) is 0 Å². The van der Waals surface area contributed by atoms with Gasteiger partial charge in [-0.25, -0.2) is 0 Å². The van der Waals surface area contributed by atoms with Crippen LogP contribution in [0.5, 0.6) is 5.75 Å². The fourth-order valence-corrected chi connectivity index (χ4v) is 2.17. The van der Waals surface area contributed by atoms with E-state index in [0.29, 0.717) is 11.3 Å².